The summed E-state index contributed by atoms with van der Waals surface area (Å²) in [4.78, 5) is 14.9. The average molecular weight is 462 g/mol. The molecule has 0 unspecified atom stereocenters. The topological polar surface area (TPSA) is 78.8 Å². The van der Waals surface area contributed by atoms with Gasteiger partial charge in [-0.1, -0.05) is 29.8 Å². The van der Waals surface area contributed by atoms with Crippen molar-refractivity contribution in [2.45, 2.75) is 38.5 Å². The Balaban J connectivity index is 1.84. The van der Waals surface area contributed by atoms with Crippen LogP contribution in [-0.4, -0.2) is 45.1 Å². The van der Waals surface area contributed by atoms with Gasteiger partial charge >= 0.3 is 0 Å². The molecule has 6 nitrogen and oxygen atoms in total. The minimum absolute atomic E-state index is 0.0543. The number of benzene rings is 2. The fourth-order valence-electron chi connectivity index (χ4n) is 3.79. The van der Waals surface area contributed by atoms with Crippen molar-refractivity contribution in [2.24, 2.45) is 10.3 Å². The fourth-order valence-corrected chi connectivity index (χ4v) is 5.43. The summed E-state index contributed by atoms with van der Waals surface area (Å²) in [5, 5.41) is 2.93. The van der Waals surface area contributed by atoms with Crippen molar-refractivity contribution in [3.63, 3.8) is 0 Å². The van der Waals surface area contributed by atoms with Crippen molar-refractivity contribution < 1.29 is 13.2 Å². The second-order valence-corrected chi connectivity index (χ2v) is 10.1. The molecular weight excluding hydrogens is 434 g/mol. The largest absolute Gasteiger partial charge is 0.321 e. The second-order valence-electron chi connectivity index (χ2n) is 8.15. The Hall–Kier alpha value is -2.22. The summed E-state index contributed by atoms with van der Waals surface area (Å²) in [5.74, 6) is -0.138. The average Bonchev–Trinajstić information content (AvgIpc) is 2.70. The SMILES string of the molecule is CC(=NS(=O)(=O)c1cc(Cl)c(NC(=O)c2ccccc2C)cc1C)C1CCN(C)CC1. The number of nitrogens with one attached hydrogen (secondary N) is 1. The van der Waals surface area contributed by atoms with E-state index in [1.807, 2.05) is 19.1 Å². The van der Waals surface area contributed by atoms with Gasteiger partial charge in [-0.05, 0) is 83.1 Å². The number of rotatable bonds is 5. The lowest BCUT2D eigenvalue weighted by molar-refractivity contribution is 0.102. The molecule has 2 aromatic rings. The third-order valence-electron chi connectivity index (χ3n) is 5.75. The van der Waals surface area contributed by atoms with Gasteiger partial charge in [-0.3, -0.25) is 4.79 Å². The lowest BCUT2D eigenvalue weighted by Crippen LogP contribution is -2.33. The molecule has 0 saturated carbocycles. The molecule has 0 aliphatic carbocycles. The fraction of sp³-hybridized carbons (Fsp3) is 0.391. The van der Waals surface area contributed by atoms with Crippen LogP contribution >= 0.6 is 11.6 Å². The van der Waals surface area contributed by atoms with Crippen molar-refractivity contribution in [2.75, 3.05) is 25.5 Å². The molecule has 1 amide bonds. The van der Waals surface area contributed by atoms with Crippen LogP contribution in [0.5, 0.6) is 0 Å². The van der Waals surface area contributed by atoms with Crippen LogP contribution in [0.15, 0.2) is 45.7 Å². The van der Waals surface area contributed by atoms with E-state index < -0.39 is 10.0 Å². The van der Waals surface area contributed by atoms with Gasteiger partial charge in [-0.25, -0.2) is 0 Å². The number of aryl methyl sites for hydroxylation is 2. The smallest absolute Gasteiger partial charge is 0.282 e. The van der Waals surface area contributed by atoms with E-state index in [1.54, 1.807) is 32.0 Å². The predicted molar refractivity (Wildman–Crippen MR) is 126 cm³/mol. The van der Waals surface area contributed by atoms with Crippen LogP contribution in [0.1, 0.15) is 41.3 Å². The summed E-state index contributed by atoms with van der Waals surface area (Å²) in [6.07, 6.45) is 1.79. The standard InChI is InChI=1S/C23H28ClN3O3S/c1-15-7-5-6-8-19(15)23(28)25-21-13-16(2)22(14-20(21)24)31(29,30)26-17(3)18-9-11-27(4)12-10-18/h5-8,13-14,18H,9-12H2,1-4H3,(H,25,28). The van der Waals surface area contributed by atoms with E-state index in [-0.39, 0.29) is 21.7 Å². The molecule has 166 valence electrons. The van der Waals surface area contributed by atoms with Gasteiger partial charge in [-0.15, -0.1) is 0 Å². The number of hydrogen-bond donors (Lipinski definition) is 1. The Kier molecular flexibility index (Phi) is 7.19. The van der Waals surface area contributed by atoms with E-state index >= 15 is 0 Å². The van der Waals surface area contributed by atoms with E-state index in [4.69, 9.17) is 11.6 Å². The first-order valence-electron chi connectivity index (χ1n) is 10.3. The van der Waals surface area contributed by atoms with Gasteiger partial charge < -0.3 is 10.2 Å². The highest BCUT2D eigenvalue weighted by atomic mass is 35.5. The number of halogens is 1. The molecule has 1 heterocycles. The Morgan fingerprint density at radius 1 is 1.13 bits per heavy atom. The van der Waals surface area contributed by atoms with Gasteiger partial charge in [-0.2, -0.15) is 12.8 Å². The number of likely N-dealkylation sites (tertiary alicyclic amines) is 1. The highest BCUT2D eigenvalue weighted by Crippen LogP contribution is 2.31. The molecule has 3 rings (SSSR count). The molecule has 1 saturated heterocycles. The predicted octanol–water partition coefficient (Wildman–Crippen LogP) is 4.70. The molecule has 8 heteroatoms. The van der Waals surface area contributed by atoms with Crippen molar-refractivity contribution in [1.82, 2.24) is 4.90 Å². The Morgan fingerprint density at radius 3 is 2.42 bits per heavy atom. The Bertz CT molecular complexity index is 1120. The molecular formula is C23H28ClN3O3S. The third-order valence-corrected chi connectivity index (χ3v) is 7.59. The first kappa shape index (κ1) is 23.4. The van der Waals surface area contributed by atoms with Crippen LogP contribution in [0.4, 0.5) is 5.69 Å². The molecule has 1 fully saturated rings. The molecule has 1 aliphatic heterocycles. The molecule has 1 N–H and O–H groups in total. The van der Waals surface area contributed by atoms with Gasteiger partial charge in [0.05, 0.1) is 15.6 Å². The quantitative estimate of drug-likeness (QED) is 0.654. The lowest BCUT2D eigenvalue weighted by Gasteiger charge is -2.28. The number of nitrogens with zero attached hydrogens (tertiary/aromatic N) is 2. The molecule has 31 heavy (non-hydrogen) atoms. The van der Waals surface area contributed by atoms with E-state index in [0.29, 0.717) is 22.5 Å². The molecule has 2 aromatic carbocycles. The van der Waals surface area contributed by atoms with Crippen LogP contribution < -0.4 is 5.32 Å². The Labute approximate surface area is 189 Å². The zero-order chi connectivity index (χ0) is 22.8. The molecule has 0 aromatic heterocycles. The third kappa shape index (κ3) is 5.53. The summed E-state index contributed by atoms with van der Waals surface area (Å²) >= 11 is 6.35. The van der Waals surface area contributed by atoms with Gasteiger partial charge in [0.2, 0.25) is 0 Å². The van der Waals surface area contributed by atoms with Crippen LogP contribution in [0.25, 0.3) is 0 Å². The molecule has 0 radical (unpaired) electrons. The van der Waals surface area contributed by atoms with Crippen molar-refractivity contribution >= 4 is 38.9 Å². The molecule has 0 spiro atoms. The van der Waals surface area contributed by atoms with E-state index in [9.17, 15) is 13.2 Å². The molecule has 0 bridgehead atoms. The number of sulfonamides is 1. The van der Waals surface area contributed by atoms with Crippen molar-refractivity contribution in [3.8, 4) is 0 Å². The number of hydrogen-bond acceptors (Lipinski definition) is 4. The first-order valence-corrected chi connectivity index (χ1v) is 12.1. The normalized spacial score (nSPS) is 16.4. The van der Waals surface area contributed by atoms with Crippen LogP contribution in [0.3, 0.4) is 0 Å². The highest BCUT2D eigenvalue weighted by Gasteiger charge is 2.24. The number of amides is 1. The lowest BCUT2D eigenvalue weighted by atomic mass is 9.93. The summed E-state index contributed by atoms with van der Waals surface area (Å²) in [6, 6.07) is 10.2. The summed E-state index contributed by atoms with van der Waals surface area (Å²) in [7, 11) is -1.84. The maximum Gasteiger partial charge on any atom is 0.282 e. The minimum Gasteiger partial charge on any atom is -0.321 e. The summed E-state index contributed by atoms with van der Waals surface area (Å²) in [5.41, 5.74) is 2.84. The van der Waals surface area contributed by atoms with Crippen molar-refractivity contribution in [1.29, 1.82) is 0 Å². The monoisotopic (exact) mass is 461 g/mol. The van der Waals surface area contributed by atoms with Gasteiger partial charge in [0.1, 0.15) is 0 Å². The maximum absolute atomic E-state index is 13.0. The van der Waals surface area contributed by atoms with Gasteiger partial charge in [0.25, 0.3) is 15.9 Å². The first-order chi connectivity index (χ1) is 14.6. The molecule has 1 aliphatic rings. The summed E-state index contributed by atoms with van der Waals surface area (Å²) < 4.78 is 30.1. The van der Waals surface area contributed by atoms with Crippen LogP contribution in [-0.2, 0) is 10.0 Å². The molecule has 0 atom stereocenters. The van der Waals surface area contributed by atoms with E-state index in [1.165, 1.54) is 6.07 Å². The van der Waals surface area contributed by atoms with E-state index in [0.717, 1.165) is 31.5 Å². The van der Waals surface area contributed by atoms with Gasteiger partial charge in [0, 0.05) is 17.2 Å². The number of anilines is 1. The highest BCUT2D eigenvalue weighted by molar-refractivity contribution is 7.90. The summed E-state index contributed by atoms with van der Waals surface area (Å²) in [6.45, 7) is 7.16. The zero-order valence-electron chi connectivity index (χ0n) is 18.3. The number of carbonyl (C=O) groups excluding carboxylic acids is 1. The maximum atomic E-state index is 13.0. The zero-order valence-corrected chi connectivity index (χ0v) is 19.8. The Morgan fingerprint density at radius 2 is 1.77 bits per heavy atom. The van der Waals surface area contributed by atoms with Crippen LogP contribution in [0, 0.1) is 19.8 Å². The van der Waals surface area contributed by atoms with E-state index in [2.05, 4.69) is 21.7 Å². The second kappa shape index (κ2) is 9.51. The number of carbonyl (C=O) groups is 1. The minimum atomic E-state index is -3.90. The van der Waals surface area contributed by atoms with Crippen molar-refractivity contribution in [3.05, 3.63) is 58.1 Å². The number of piperidine rings is 1. The van der Waals surface area contributed by atoms with Crippen LogP contribution in [0.2, 0.25) is 5.02 Å². The van der Waals surface area contributed by atoms with Gasteiger partial charge in [0.15, 0.2) is 0 Å².